The Morgan fingerprint density at radius 1 is 1.04 bits per heavy atom. The van der Waals surface area contributed by atoms with Gasteiger partial charge in [-0.1, -0.05) is 19.1 Å². The van der Waals surface area contributed by atoms with Crippen LogP contribution in [0, 0.1) is 11.8 Å². The molecule has 2 aromatic heterocycles. The van der Waals surface area contributed by atoms with E-state index in [4.69, 9.17) is 19.2 Å². The van der Waals surface area contributed by atoms with Crippen LogP contribution in [-0.4, -0.2) is 78.9 Å². The Kier molecular flexibility index (Phi) is 9.50. The van der Waals surface area contributed by atoms with E-state index in [2.05, 4.69) is 0 Å². The lowest BCUT2D eigenvalue weighted by Gasteiger charge is -2.34. The van der Waals surface area contributed by atoms with Crippen molar-refractivity contribution in [3.8, 4) is 33.8 Å². The Bertz CT molecular complexity index is 1920. The number of halogens is 6. The van der Waals surface area contributed by atoms with Crippen molar-refractivity contribution in [1.82, 2.24) is 9.88 Å². The van der Waals surface area contributed by atoms with Crippen molar-refractivity contribution in [2.45, 2.75) is 51.3 Å². The van der Waals surface area contributed by atoms with Gasteiger partial charge in [-0.05, 0) is 60.7 Å². The lowest BCUT2D eigenvalue weighted by molar-refractivity contribution is -0.172. The van der Waals surface area contributed by atoms with E-state index in [1.54, 1.807) is 29.6 Å². The van der Waals surface area contributed by atoms with Gasteiger partial charge in [0.25, 0.3) is 0 Å². The first-order valence-electron chi connectivity index (χ1n) is 15.9. The number of aromatic nitrogens is 1. The van der Waals surface area contributed by atoms with Crippen LogP contribution in [0.15, 0.2) is 59.0 Å². The molecule has 1 N–H and O–H groups in total. The zero-order chi connectivity index (χ0) is 37.0. The summed E-state index contributed by atoms with van der Waals surface area (Å²) in [6.45, 7) is 3.99. The van der Waals surface area contributed by atoms with Gasteiger partial charge in [-0.2, -0.15) is 26.3 Å². The number of carboxylic acids is 1. The van der Waals surface area contributed by atoms with Gasteiger partial charge < -0.3 is 24.2 Å². The van der Waals surface area contributed by atoms with Crippen molar-refractivity contribution in [3.05, 3.63) is 69.6 Å². The summed E-state index contributed by atoms with van der Waals surface area (Å²) in [7, 11) is 2.84. The Labute approximate surface area is 292 Å². The smallest absolute Gasteiger partial charge is 0.416 e. The predicted molar refractivity (Wildman–Crippen MR) is 176 cm³/mol. The van der Waals surface area contributed by atoms with Gasteiger partial charge in [0, 0.05) is 35.2 Å². The number of anilines is 1. The Morgan fingerprint density at radius 3 is 2.35 bits per heavy atom. The topological polar surface area (TPSA) is 101 Å². The summed E-state index contributed by atoms with van der Waals surface area (Å²) in [6, 6.07) is 7.84. The number of carboxylic acid groups (broad SMARTS) is 1. The average molecular weight is 738 g/mol. The second-order valence-corrected chi connectivity index (χ2v) is 13.4. The monoisotopic (exact) mass is 737 g/mol. The molecule has 0 spiro atoms. The number of allylic oxidation sites excluding steroid dienone is 3. The molecule has 2 fully saturated rings. The number of nitrogens with zero attached hydrogens (tertiary/aromatic N) is 3. The maximum atomic E-state index is 14.0. The van der Waals surface area contributed by atoms with Crippen LogP contribution in [0.3, 0.4) is 0 Å². The number of ether oxygens (including phenoxy) is 3. The van der Waals surface area contributed by atoms with Crippen LogP contribution >= 0.6 is 11.3 Å². The lowest BCUT2D eigenvalue weighted by atomic mass is 9.77. The van der Waals surface area contributed by atoms with Gasteiger partial charge in [-0.25, -0.2) is 14.6 Å². The molecule has 6 rings (SSSR count). The number of benzene rings is 1. The Balaban J connectivity index is 1.40. The Hall–Kier alpha value is -4.73. The third-order valence-corrected chi connectivity index (χ3v) is 10.5. The maximum Gasteiger partial charge on any atom is 0.416 e. The molecule has 4 atom stereocenters. The third-order valence-electron chi connectivity index (χ3n) is 9.58. The van der Waals surface area contributed by atoms with E-state index in [1.807, 2.05) is 11.0 Å². The largest absolute Gasteiger partial charge is 0.496 e. The maximum absolute atomic E-state index is 14.0. The van der Waals surface area contributed by atoms with E-state index >= 15 is 0 Å². The fourth-order valence-corrected chi connectivity index (χ4v) is 7.56. The molecule has 2 unspecified atom stereocenters. The van der Waals surface area contributed by atoms with Gasteiger partial charge in [0.2, 0.25) is 0 Å². The number of alkyl halides is 6. The summed E-state index contributed by atoms with van der Waals surface area (Å²) in [4.78, 5) is 33.4. The van der Waals surface area contributed by atoms with E-state index in [-0.39, 0.29) is 28.8 Å². The molecule has 0 bridgehead atoms. The number of cyclic esters (lactones) is 1. The molecule has 3 aliphatic rings. The quantitative estimate of drug-likeness (QED) is 0.219. The minimum Gasteiger partial charge on any atom is -0.496 e. The van der Waals surface area contributed by atoms with Crippen LogP contribution in [0.25, 0.3) is 22.3 Å². The van der Waals surface area contributed by atoms with Gasteiger partial charge in [-0.15, -0.1) is 11.3 Å². The molecule has 4 heterocycles. The fraction of sp³-hybridized carbons (Fsp3) is 0.400. The van der Waals surface area contributed by atoms with Crippen LogP contribution in [-0.2, 0) is 11.3 Å². The molecule has 0 saturated carbocycles. The molecule has 16 heteroatoms. The fourth-order valence-electron chi connectivity index (χ4n) is 6.68. The summed E-state index contributed by atoms with van der Waals surface area (Å²) >= 11 is 1.00. The third kappa shape index (κ3) is 6.72. The summed E-state index contributed by atoms with van der Waals surface area (Å²) in [6.07, 6.45) is -10.5. The van der Waals surface area contributed by atoms with Crippen molar-refractivity contribution in [2.75, 3.05) is 32.2 Å². The van der Waals surface area contributed by atoms with Crippen molar-refractivity contribution in [3.63, 3.8) is 0 Å². The number of carbonyl (C=O) groups is 2. The molecular weight excluding hydrogens is 704 g/mol. The molecular formula is C35H33F6N3O6S. The molecule has 1 aromatic carbocycles. The van der Waals surface area contributed by atoms with Crippen LogP contribution in [0.1, 0.15) is 35.6 Å². The molecule has 2 saturated heterocycles. The summed E-state index contributed by atoms with van der Waals surface area (Å²) in [5.74, 6) is -3.78. The molecule has 272 valence electrons. The Morgan fingerprint density at radius 2 is 1.76 bits per heavy atom. The number of thiophene rings is 1. The van der Waals surface area contributed by atoms with Gasteiger partial charge in [0.1, 0.15) is 17.7 Å². The molecule has 0 radical (unpaired) electrons. The number of hydrogen-bond donors (Lipinski definition) is 1. The molecule has 2 aliphatic heterocycles. The second kappa shape index (κ2) is 13.4. The zero-order valence-electron chi connectivity index (χ0n) is 27.8. The van der Waals surface area contributed by atoms with Crippen molar-refractivity contribution in [1.29, 1.82) is 0 Å². The summed E-state index contributed by atoms with van der Waals surface area (Å²) in [5, 5.41) is 11.3. The van der Waals surface area contributed by atoms with Crippen LogP contribution in [0.2, 0.25) is 0 Å². The number of rotatable bonds is 9. The van der Waals surface area contributed by atoms with Gasteiger partial charge in [-0.3, -0.25) is 4.90 Å². The van der Waals surface area contributed by atoms with Crippen LogP contribution < -0.4 is 14.4 Å². The average Bonchev–Trinajstić information content (AvgIpc) is 3.60. The molecule has 1 aliphatic carbocycles. The van der Waals surface area contributed by atoms with Crippen molar-refractivity contribution >= 4 is 29.2 Å². The number of aromatic carboxylic acids is 1. The molecule has 51 heavy (non-hydrogen) atoms. The summed E-state index contributed by atoms with van der Waals surface area (Å²) < 4.78 is 99.9. The minimum absolute atomic E-state index is 0.0176. The van der Waals surface area contributed by atoms with E-state index in [0.717, 1.165) is 30.8 Å². The highest BCUT2D eigenvalue weighted by Crippen LogP contribution is 2.47. The number of pyridine rings is 1. The first kappa shape index (κ1) is 36.1. The SMILES string of the molecule is COc1ccc(-c2csc(C(=O)O)c2OC)cc1-c1ccc(N2CCC2)nc1CN1C(=O)O[C@H](C2=CC(C(F)(F)F)=CC(C(F)(F)F)C2C)[C@@H]1C. The minimum atomic E-state index is -5.05. The zero-order valence-corrected chi connectivity index (χ0v) is 28.6. The first-order chi connectivity index (χ1) is 24.0. The second-order valence-electron chi connectivity index (χ2n) is 12.5. The van der Waals surface area contributed by atoms with E-state index < -0.39 is 54.0 Å². The number of hydrogen-bond acceptors (Lipinski definition) is 8. The number of methoxy groups -OCH3 is 2. The molecule has 9 nitrogen and oxygen atoms in total. The number of carbonyl (C=O) groups excluding carboxylic acids is 1. The highest BCUT2D eigenvalue weighted by atomic mass is 32.1. The highest BCUT2D eigenvalue weighted by Gasteiger charge is 2.52. The normalized spacial score (nSPS) is 22.3. The van der Waals surface area contributed by atoms with E-state index in [9.17, 15) is 41.0 Å². The summed E-state index contributed by atoms with van der Waals surface area (Å²) in [5.41, 5.74) is 0.828. The first-order valence-corrected chi connectivity index (χ1v) is 16.8. The lowest BCUT2D eigenvalue weighted by Crippen LogP contribution is -2.40. The highest BCUT2D eigenvalue weighted by molar-refractivity contribution is 7.12. The van der Waals surface area contributed by atoms with E-state index in [0.29, 0.717) is 45.6 Å². The molecule has 3 aromatic rings. The van der Waals surface area contributed by atoms with Gasteiger partial charge >= 0.3 is 24.4 Å². The predicted octanol–water partition coefficient (Wildman–Crippen LogP) is 8.36. The van der Waals surface area contributed by atoms with Crippen molar-refractivity contribution in [2.24, 2.45) is 11.8 Å². The number of amides is 1. The van der Waals surface area contributed by atoms with Gasteiger partial charge in [0.05, 0.1) is 44.0 Å². The molecule has 1 amide bonds. The van der Waals surface area contributed by atoms with Crippen molar-refractivity contribution < 1.29 is 55.2 Å². The van der Waals surface area contributed by atoms with Gasteiger partial charge in [0.15, 0.2) is 10.6 Å². The standard InChI is InChI=1S/C35H33F6N3O6S/c1-17-22(13-20(34(36,37)38)14-25(17)35(39,40)41)29-18(2)44(33(47)50-29)15-26-21(7-9-28(42-26)43-10-5-11-43)23-12-19(6-8-27(23)48-3)24-16-51-31(32(45)46)30(24)49-4/h6-9,12-14,16-18,25,29H,5,10-11,15H2,1-4H3,(H,45,46)/t17?,18-,25?,29-/m0/s1. The van der Waals surface area contributed by atoms with Crippen LogP contribution in [0.5, 0.6) is 11.5 Å². The van der Waals surface area contributed by atoms with E-state index in [1.165, 1.54) is 33.0 Å². The van der Waals surface area contributed by atoms with Crippen LogP contribution in [0.4, 0.5) is 37.0 Å².